The van der Waals surface area contributed by atoms with E-state index in [1.165, 1.54) is 24.8 Å². The van der Waals surface area contributed by atoms with Gasteiger partial charge in [-0.1, -0.05) is 19.3 Å². The number of fused-ring (bicyclic) bond motifs is 1. The highest BCUT2D eigenvalue weighted by molar-refractivity contribution is 5.77. The summed E-state index contributed by atoms with van der Waals surface area (Å²) in [4.78, 5) is 16.9. The summed E-state index contributed by atoms with van der Waals surface area (Å²) in [5, 5.41) is 12.4. The first-order chi connectivity index (χ1) is 13.8. The Morgan fingerprint density at radius 3 is 2.82 bits per heavy atom. The van der Waals surface area contributed by atoms with Gasteiger partial charge in [0.05, 0.1) is 18.5 Å². The third-order valence-corrected chi connectivity index (χ3v) is 5.75. The number of nitrogens with one attached hydrogen (secondary N) is 1. The number of pyridine rings is 1. The van der Waals surface area contributed by atoms with Crippen molar-refractivity contribution in [1.82, 2.24) is 10.3 Å². The van der Waals surface area contributed by atoms with Crippen LogP contribution in [-0.4, -0.2) is 17.5 Å². The van der Waals surface area contributed by atoms with Crippen molar-refractivity contribution in [2.24, 2.45) is 0 Å². The molecule has 6 heteroatoms. The minimum absolute atomic E-state index is 0.161. The van der Waals surface area contributed by atoms with Crippen LogP contribution in [0.25, 0.3) is 0 Å². The van der Waals surface area contributed by atoms with Crippen molar-refractivity contribution < 1.29 is 13.9 Å². The summed E-state index contributed by atoms with van der Waals surface area (Å²) >= 11 is 0. The van der Waals surface area contributed by atoms with Crippen molar-refractivity contribution in [2.75, 3.05) is 6.61 Å². The summed E-state index contributed by atoms with van der Waals surface area (Å²) in [6, 6.07) is 5.85. The van der Waals surface area contributed by atoms with E-state index in [2.05, 4.69) is 11.4 Å². The molecule has 2 aliphatic rings. The van der Waals surface area contributed by atoms with E-state index in [1.807, 2.05) is 0 Å². The molecule has 4 rings (SSSR count). The Labute approximate surface area is 164 Å². The molecule has 2 heterocycles. The minimum Gasteiger partial charge on any atom is -0.467 e. The van der Waals surface area contributed by atoms with Gasteiger partial charge in [0.1, 0.15) is 17.4 Å². The number of carbonyl (C=O) groups is 1. The summed E-state index contributed by atoms with van der Waals surface area (Å²) < 4.78 is 10.9. The van der Waals surface area contributed by atoms with Crippen molar-refractivity contribution >= 4 is 5.91 Å². The van der Waals surface area contributed by atoms with Gasteiger partial charge in [0.15, 0.2) is 6.61 Å². The Bertz CT molecular complexity index is 877. The molecule has 0 saturated heterocycles. The van der Waals surface area contributed by atoms with Crippen molar-refractivity contribution in [3.63, 3.8) is 0 Å². The second kappa shape index (κ2) is 8.47. The molecule has 1 saturated carbocycles. The molecule has 0 aromatic carbocycles. The lowest BCUT2D eigenvalue weighted by atomic mass is 9.84. The number of nitriles is 1. The van der Waals surface area contributed by atoms with Crippen molar-refractivity contribution in [3.05, 3.63) is 46.5 Å². The summed E-state index contributed by atoms with van der Waals surface area (Å²) in [5.74, 6) is 1.18. The van der Waals surface area contributed by atoms with E-state index in [0.717, 1.165) is 43.4 Å². The van der Waals surface area contributed by atoms with E-state index < -0.39 is 0 Å². The summed E-state index contributed by atoms with van der Waals surface area (Å²) in [6.07, 6.45) is 10.5. The number of amides is 1. The smallest absolute Gasteiger partial charge is 0.258 e. The predicted molar refractivity (Wildman–Crippen MR) is 103 cm³/mol. The first kappa shape index (κ1) is 18.5. The fourth-order valence-corrected chi connectivity index (χ4v) is 4.38. The third-order valence-electron chi connectivity index (χ3n) is 5.75. The summed E-state index contributed by atoms with van der Waals surface area (Å²) in [5.41, 5.74) is 3.96. The van der Waals surface area contributed by atoms with Gasteiger partial charge >= 0.3 is 0 Å². The lowest BCUT2D eigenvalue weighted by molar-refractivity contribution is -0.123. The van der Waals surface area contributed by atoms with Crippen LogP contribution in [0.3, 0.4) is 0 Å². The quantitative estimate of drug-likeness (QED) is 0.825. The van der Waals surface area contributed by atoms with Gasteiger partial charge < -0.3 is 14.5 Å². The van der Waals surface area contributed by atoms with Gasteiger partial charge in [-0.3, -0.25) is 4.79 Å². The summed E-state index contributed by atoms with van der Waals surface area (Å²) in [6.45, 7) is 0.149. The molecule has 0 spiro atoms. The van der Waals surface area contributed by atoms with E-state index in [4.69, 9.17) is 14.1 Å². The van der Waals surface area contributed by atoms with E-state index in [9.17, 15) is 10.1 Å². The molecular formula is C22H25N3O3. The number of ether oxygens (including phenoxy) is 1. The van der Waals surface area contributed by atoms with E-state index in [0.29, 0.717) is 29.7 Å². The van der Waals surface area contributed by atoms with Gasteiger partial charge in [-0.15, -0.1) is 0 Å². The van der Waals surface area contributed by atoms with Crippen LogP contribution in [0.5, 0.6) is 5.88 Å². The van der Waals surface area contributed by atoms with Gasteiger partial charge in [-0.2, -0.15) is 5.26 Å². The molecule has 6 nitrogen and oxygen atoms in total. The zero-order valence-corrected chi connectivity index (χ0v) is 16.0. The number of furan rings is 1. The molecule has 1 fully saturated rings. The average Bonchev–Trinajstić information content (AvgIpc) is 3.42. The second-order valence-electron chi connectivity index (χ2n) is 7.58. The zero-order chi connectivity index (χ0) is 19.3. The highest BCUT2D eigenvalue weighted by Gasteiger charge is 2.29. The van der Waals surface area contributed by atoms with Crippen molar-refractivity contribution in [2.45, 2.75) is 63.8 Å². The molecule has 0 aliphatic heterocycles. The number of aromatic nitrogens is 1. The van der Waals surface area contributed by atoms with Crippen LogP contribution in [0, 0.1) is 11.3 Å². The molecule has 1 N–H and O–H groups in total. The molecule has 0 atom stereocenters. The first-order valence-electron chi connectivity index (χ1n) is 10.1. The molecular weight excluding hydrogens is 354 g/mol. The molecule has 2 aromatic heterocycles. The monoisotopic (exact) mass is 379 g/mol. The highest BCUT2D eigenvalue weighted by atomic mass is 16.5. The van der Waals surface area contributed by atoms with E-state index in [1.54, 1.807) is 18.4 Å². The van der Waals surface area contributed by atoms with Gasteiger partial charge in [-0.05, 0) is 55.4 Å². The lowest BCUT2D eigenvalue weighted by Gasteiger charge is -2.24. The maximum absolute atomic E-state index is 12.1. The molecule has 2 aromatic rings. The predicted octanol–water partition coefficient (Wildman–Crippen LogP) is 3.78. The van der Waals surface area contributed by atoms with Crippen LogP contribution in [0.4, 0.5) is 0 Å². The Hall–Kier alpha value is -2.81. The standard InChI is InChI=1S/C22H25N3O3/c23-12-19-17-9-4-10-18(17)21(15-6-2-1-3-7-15)25-22(19)28-14-20(26)24-13-16-8-5-11-27-16/h5,8,11,15H,1-4,6-7,9-10,13-14H2,(H,24,26). The van der Waals surface area contributed by atoms with Crippen LogP contribution < -0.4 is 10.1 Å². The molecule has 0 bridgehead atoms. The van der Waals surface area contributed by atoms with Crippen LogP contribution in [0.15, 0.2) is 22.8 Å². The van der Waals surface area contributed by atoms with E-state index >= 15 is 0 Å². The Morgan fingerprint density at radius 1 is 1.25 bits per heavy atom. The van der Waals surface area contributed by atoms with E-state index in [-0.39, 0.29) is 12.5 Å². The maximum atomic E-state index is 12.1. The fourth-order valence-electron chi connectivity index (χ4n) is 4.38. The Balaban J connectivity index is 1.51. The molecule has 2 aliphatic carbocycles. The SMILES string of the molecule is N#Cc1c(OCC(=O)NCc2ccco2)nc(C2CCCCC2)c2c1CCC2. The Kier molecular flexibility index (Phi) is 5.61. The fraction of sp³-hybridized carbons (Fsp3) is 0.500. The largest absolute Gasteiger partial charge is 0.467 e. The maximum Gasteiger partial charge on any atom is 0.258 e. The zero-order valence-electron chi connectivity index (χ0n) is 16.0. The van der Waals surface area contributed by atoms with Gasteiger partial charge in [0.25, 0.3) is 5.91 Å². The number of nitrogens with zero attached hydrogens (tertiary/aromatic N) is 2. The van der Waals surface area contributed by atoms with Gasteiger partial charge in [-0.25, -0.2) is 4.98 Å². The topological polar surface area (TPSA) is 88.1 Å². The van der Waals surface area contributed by atoms with Crippen molar-refractivity contribution in [1.29, 1.82) is 5.26 Å². The summed E-state index contributed by atoms with van der Waals surface area (Å²) in [7, 11) is 0. The minimum atomic E-state index is -0.262. The number of hydrogen-bond donors (Lipinski definition) is 1. The molecule has 28 heavy (non-hydrogen) atoms. The number of hydrogen-bond acceptors (Lipinski definition) is 5. The molecule has 0 radical (unpaired) electrons. The van der Waals surface area contributed by atoms with Crippen LogP contribution in [0.1, 0.15) is 72.6 Å². The number of carbonyl (C=O) groups excluding carboxylic acids is 1. The second-order valence-corrected chi connectivity index (χ2v) is 7.58. The average molecular weight is 379 g/mol. The van der Waals surface area contributed by atoms with Crippen LogP contribution in [0.2, 0.25) is 0 Å². The van der Waals surface area contributed by atoms with Crippen LogP contribution in [-0.2, 0) is 24.2 Å². The lowest BCUT2D eigenvalue weighted by Crippen LogP contribution is -2.28. The van der Waals surface area contributed by atoms with Gasteiger partial charge in [0.2, 0.25) is 5.88 Å². The third kappa shape index (κ3) is 3.89. The van der Waals surface area contributed by atoms with Crippen molar-refractivity contribution in [3.8, 4) is 11.9 Å². The molecule has 0 unspecified atom stereocenters. The van der Waals surface area contributed by atoms with Crippen LogP contribution >= 0.6 is 0 Å². The number of rotatable bonds is 6. The first-order valence-corrected chi connectivity index (χ1v) is 10.1. The molecule has 146 valence electrons. The normalized spacial score (nSPS) is 16.4. The highest BCUT2D eigenvalue weighted by Crippen LogP contribution is 2.40. The molecule has 1 amide bonds. The Morgan fingerprint density at radius 2 is 2.07 bits per heavy atom. The van der Waals surface area contributed by atoms with Gasteiger partial charge in [0, 0.05) is 5.92 Å².